The van der Waals surface area contributed by atoms with Gasteiger partial charge in [-0.3, -0.25) is 9.80 Å². The third-order valence-corrected chi connectivity index (χ3v) is 2.70. The molecule has 0 aliphatic carbocycles. The molecule has 0 radical (unpaired) electrons. The Balaban J connectivity index is 1.94. The van der Waals surface area contributed by atoms with Crippen molar-refractivity contribution >= 4 is 23.5 Å². The Kier molecular flexibility index (Phi) is 3.79. The van der Waals surface area contributed by atoms with Crippen LogP contribution in [0.4, 0.5) is 15.8 Å². The van der Waals surface area contributed by atoms with Gasteiger partial charge in [0.2, 0.25) is 5.91 Å². The number of benzene rings is 1. The summed E-state index contributed by atoms with van der Waals surface area (Å²) in [6.45, 7) is 0.752. The summed E-state index contributed by atoms with van der Waals surface area (Å²) in [5, 5.41) is 8.46. The van der Waals surface area contributed by atoms with E-state index in [4.69, 9.17) is 5.73 Å². The van der Waals surface area contributed by atoms with E-state index in [2.05, 4.69) is 10.4 Å². The first kappa shape index (κ1) is 13.1. The van der Waals surface area contributed by atoms with Gasteiger partial charge in [-0.2, -0.15) is 5.10 Å². The first-order valence-corrected chi connectivity index (χ1v) is 5.84. The molecule has 100 valence electrons. The van der Waals surface area contributed by atoms with Gasteiger partial charge in [0.15, 0.2) is 0 Å². The fourth-order valence-corrected chi connectivity index (χ4v) is 1.74. The van der Waals surface area contributed by atoms with E-state index in [0.29, 0.717) is 5.69 Å². The zero-order valence-electron chi connectivity index (χ0n) is 10.5. The second kappa shape index (κ2) is 5.51. The molecule has 1 amide bonds. The number of carbonyl (C=O) groups is 1. The van der Waals surface area contributed by atoms with Crippen molar-refractivity contribution in [1.82, 2.24) is 5.01 Å². The summed E-state index contributed by atoms with van der Waals surface area (Å²) in [5.41, 5.74) is 6.19. The molecule has 1 unspecified atom stereocenters. The number of hydrogen-bond acceptors (Lipinski definition) is 4. The number of nitrogens with two attached hydrogens (primary N) is 1. The number of hydrazone groups is 1. The number of rotatable bonds is 3. The maximum Gasteiger partial charge on any atom is 0.248 e. The molecule has 0 saturated heterocycles. The molecule has 6 heteroatoms. The Labute approximate surface area is 110 Å². The first-order valence-electron chi connectivity index (χ1n) is 5.84. The van der Waals surface area contributed by atoms with Crippen LogP contribution in [0.2, 0.25) is 0 Å². The summed E-state index contributed by atoms with van der Waals surface area (Å²) in [5.74, 6) is -0.612. The number of halogens is 1. The summed E-state index contributed by atoms with van der Waals surface area (Å²) in [4.78, 5) is 11.7. The molecule has 1 aromatic rings. The number of nitrogens with zero attached hydrogens (tertiary/aromatic N) is 2. The predicted octanol–water partition coefficient (Wildman–Crippen LogP) is 1.45. The highest BCUT2D eigenvalue weighted by molar-refractivity contribution is 6.01. The summed E-state index contributed by atoms with van der Waals surface area (Å²) >= 11 is 0. The Morgan fingerprint density at radius 2 is 2.42 bits per heavy atom. The predicted molar refractivity (Wildman–Crippen MR) is 73.2 cm³/mol. The highest BCUT2D eigenvalue weighted by atomic mass is 19.1. The third-order valence-electron chi connectivity index (χ3n) is 2.70. The van der Waals surface area contributed by atoms with E-state index in [1.165, 1.54) is 18.2 Å². The molecular formula is C13H15FN4O. The van der Waals surface area contributed by atoms with E-state index in [0.717, 1.165) is 12.6 Å². The molecule has 1 aliphatic rings. The summed E-state index contributed by atoms with van der Waals surface area (Å²) in [7, 11) is 1.86. The van der Waals surface area contributed by atoms with E-state index >= 15 is 0 Å². The quantitative estimate of drug-likeness (QED) is 0.639. The van der Waals surface area contributed by atoms with Crippen molar-refractivity contribution in [2.45, 2.75) is 0 Å². The third kappa shape index (κ3) is 3.54. The smallest absolute Gasteiger partial charge is 0.248 e. The van der Waals surface area contributed by atoms with Gasteiger partial charge in [-0.25, -0.2) is 4.39 Å². The van der Waals surface area contributed by atoms with E-state index in [9.17, 15) is 9.18 Å². The molecule has 0 saturated carbocycles. The highest BCUT2D eigenvalue weighted by Gasteiger charge is 2.11. The lowest BCUT2D eigenvalue weighted by atomic mass is 10.1. The topological polar surface area (TPSA) is 70.7 Å². The second-order valence-electron chi connectivity index (χ2n) is 4.35. The van der Waals surface area contributed by atoms with Crippen LogP contribution in [0.25, 0.3) is 0 Å². The van der Waals surface area contributed by atoms with Crippen LogP contribution in [0.3, 0.4) is 0 Å². The molecule has 19 heavy (non-hydrogen) atoms. The number of nitrogens with one attached hydrogen (secondary N) is 1. The highest BCUT2D eigenvalue weighted by Crippen LogP contribution is 2.19. The monoisotopic (exact) mass is 262 g/mol. The van der Waals surface area contributed by atoms with Crippen molar-refractivity contribution in [2.75, 3.05) is 24.6 Å². The average molecular weight is 262 g/mol. The van der Waals surface area contributed by atoms with Gasteiger partial charge in [0.05, 0.1) is 11.4 Å². The van der Waals surface area contributed by atoms with Crippen LogP contribution in [0.1, 0.15) is 0 Å². The van der Waals surface area contributed by atoms with Gasteiger partial charge in [0.25, 0.3) is 0 Å². The Bertz CT molecular complexity index is 541. The van der Waals surface area contributed by atoms with Crippen molar-refractivity contribution in [3.8, 4) is 0 Å². The number of amides is 1. The lowest BCUT2D eigenvalue weighted by Gasteiger charge is -2.07. The zero-order valence-corrected chi connectivity index (χ0v) is 10.5. The van der Waals surface area contributed by atoms with Gasteiger partial charge < -0.3 is 11.1 Å². The molecule has 0 aromatic heterocycles. The lowest BCUT2D eigenvalue weighted by molar-refractivity contribution is -0.111. The van der Waals surface area contributed by atoms with Crippen LogP contribution in [0.15, 0.2) is 35.5 Å². The minimum absolute atomic E-state index is 0.126. The fraction of sp³-hybridized carbons (Fsp3) is 0.231. The van der Waals surface area contributed by atoms with Crippen molar-refractivity contribution in [3.63, 3.8) is 0 Å². The SMILES string of the molecule is CN1CC(/C=C/C(=O)Nc2ccc(F)cc2N)C=N1. The van der Waals surface area contributed by atoms with E-state index in [1.54, 1.807) is 17.3 Å². The number of carbonyl (C=O) groups excluding carboxylic acids is 1. The standard InChI is InChI=1S/C13H15FN4O/c1-18-8-9(7-16-18)2-5-13(19)17-12-4-3-10(14)6-11(12)15/h2-7,9H,8,15H2,1H3,(H,17,19)/b5-2+. The van der Waals surface area contributed by atoms with Crippen LogP contribution in [-0.2, 0) is 4.79 Å². The largest absolute Gasteiger partial charge is 0.397 e. The van der Waals surface area contributed by atoms with Crippen LogP contribution >= 0.6 is 0 Å². The average Bonchev–Trinajstić information content (AvgIpc) is 2.76. The van der Waals surface area contributed by atoms with Crippen LogP contribution in [0.5, 0.6) is 0 Å². The number of hydrogen-bond donors (Lipinski definition) is 2. The molecule has 1 atom stereocenters. The minimum atomic E-state index is -0.434. The van der Waals surface area contributed by atoms with Gasteiger partial charge in [-0.1, -0.05) is 6.08 Å². The molecule has 0 bridgehead atoms. The van der Waals surface area contributed by atoms with E-state index < -0.39 is 5.82 Å². The summed E-state index contributed by atoms with van der Waals surface area (Å²) in [6, 6.07) is 3.84. The van der Waals surface area contributed by atoms with Crippen molar-refractivity contribution < 1.29 is 9.18 Å². The maximum absolute atomic E-state index is 12.8. The van der Waals surface area contributed by atoms with E-state index in [1.807, 2.05) is 7.05 Å². The van der Waals surface area contributed by atoms with Crippen LogP contribution in [-0.4, -0.2) is 30.7 Å². The summed E-state index contributed by atoms with van der Waals surface area (Å²) in [6.07, 6.45) is 4.97. The second-order valence-corrected chi connectivity index (χ2v) is 4.35. The van der Waals surface area contributed by atoms with Crippen molar-refractivity contribution in [1.29, 1.82) is 0 Å². The normalized spacial score (nSPS) is 18.2. The maximum atomic E-state index is 12.8. The lowest BCUT2D eigenvalue weighted by Crippen LogP contribution is -2.13. The minimum Gasteiger partial charge on any atom is -0.397 e. The first-order chi connectivity index (χ1) is 9.04. The molecule has 5 nitrogen and oxygen atoms in total. The molecule has 2 rings (SSSR count). The molecule has 1 aromatic carbocycles. The Morgan fingerprint density at radius 3 is 3.05 bits per heavy atom. The van der Waals surface area contributed by atoms with Crippen LogP contribution in [0, 0.1) is 11.7 Å². The van der Waals surface area contributed by atoms with Gasteiger partial charge >= 0.3 is 0 Å². The zero-order chi connectivity index (χ0) is 13.8. The fourth-order valence-electron chi connectivity index (χ4n) is 1.74. The van der Waals surface area contributed by atoms with Gasteiger partial charge in [0.1, 0.15) is 5.82 Å². The number of nitrogen functional groups attached to an aromatic ring is 1. The molecule has 0 spiro atoms. The van der Waals surface area contributed by atoms with Crippen LogP contribution < -0.4 is 11.1 Å². The van der Waals surface area contributed by atoms with Crippen molar-refractivity contribution in [3.05, 3.63) is 36.2 Å². The number of anilines is 2. The molecule has 1 heterocycles. The Morgan fingerprint density at radius 1 is 1.63 bits per heavy atom. The van der Waals surface area contributed by atoms with E-state index in [-0.39, 0.29) is 17.5 Å². The molecule has 3 N–H and O–H groups in total. The summed E-state index contributed by atoms with van der Waals surface area (Å²) < 4.78 is 12.8. The molecular weight excluding hydrogens is 247 g/mol. The van der Waals surface area contributed by atoms with Crippen molar-refractivity contribution in [2.24, 2.45) is 11.0 Å². The molecule has 0 fully saturated rings. The van der Waals surface area contributed by atoms with Gasteiger partial charge in [-0.15, -0.1) is 0 Å². The van der Waals surface area contributed by atoms with Gasteiger partial charge in [0, 0.05) is 25.7 Å². The Hall–Kier alpha value is -2.37. The van der Waals surface area contributed by atoms with Gasteiger partial charge in [-0.05, 0) is 24.3 Å². The molecule has 1 aliphatic heterocycles.